The van der Waals surface area contributed by atoms with Gasteiger partial charge in [-0.15, -0.1) is 0 Å². The Labute approximate surface area is 122 Å². The van der Waals surface area contributed by atoms with E-state index in [2.05, 4.69) is 9.44 Å². The van der Waals surface area contributed by atoms with Gasteiger partial charge in [0.1, 0.15) is 0 Å². The minimum atomic E-state index is -3.44. The molecule has 2 N–H and O–H groups in total. The first kappa shape index (κ1) is 15.5. The Balaban J connectivity index is 1.95. The maximum atomic E-state index is 12.2. The van der Waals surface area contributed by atoms with E-state index in [1.54, 1.807) is 0 Å². The lowest BCUT2D eigenvalue weighted by atomic mass is 9.96. The third kappa shape index (κ3) is 4.89. The Morgan fingerprint density at radius 3 is 2.35 bits per heavy atom. The monoisotopic (exact) mass is 296 g/mol. The Morgan fingerprint density at radius 2 is 1.75 bits per heavy atom. The zero-order chi connectivity index (χ0) is 14.6. The molecule has 1 fully saturated rings. The quantitative estimate of drug-likeness (QED) is 0.847. The minimum Gasteiger partial charge on any atom is -0.199 e. The van der Waals surface area contributed by atoms with Crippen molar-refractivity contribution >= 4 is 10.2 Å². The van der Waals surface area contributed by atoms with Crippen LogP contribution in [-0.2, 0) is 16.6 Å². The van der Waals surface area contributed by atoms with Crippen LogP contribution in [0.1, 0.15) is 45.1 Å². The first-order valence-electron chi connectivity index (χ1n) is 7.21. The fourth-order valence-corrected chi connectivity index (χ4v) is 4.33. The maximum absolute atomic E-state index is 12.2. The van der Waals surface area contributed by atoms with Crippen LogP contribution in [0.3, 0.4) is 0 Å². The predicted octanol–water partition coefficient (Wildman–Crippen LogP) is 2.37. The fraction of sp³-hybridized carbons (Fsp3) is 0.600. The standard InChI is InChI=1S/C15H24N2O2S/c1-15(2,12-13-8-4-3-5-9-13)17-20(18,19)16-14-10-6-7-11-14/h3-5,8-9,14,16-17H,6-7,10-12H2,1-2H3. The normalized spacial score (nSPS) is 17.5. The lowest BCUT2D eigenvalue weighted by Gasteiger charge is -2.27. The summed E-state index contributed by atoms with van der Waals surface area (Å²) in [6, 6.07) is 10.0. The zero-order valence-electron chi connectivity index (χ0n) is 12.2. The molecule has 4 nitrogen and oxygen atoms in total. The van der Waals surface area contributed by atoms with Crippen LogP contribution in [0.4, 0.5) is 0 Å². The van der Waals surface area contributed by atoms with Crippen LogP contribution in [0.2, 0.25) is 0 Å². The highest BCUT2D eigenvalue weighted by molar-refractivity contribution is 7.87. The van der Waals surface area contributed by atoms with E-state index in [1.807, 2.05) is 44.2 Å². The van der Waals surface area contributed by atoms with E-state index in [9.17, 15) is 8.42 Å². The second kappa shape index (κ2) is 6.24. The van der Waals surface area contributed by atoms with Crippen LogP contribution in [0.15, 0.2) is 30.3 Å². The summed E-state index contributed by atoms with van der Waals surface area (Å²) >= 11 is 0. The number of rotatable bonds is 6. The fourth-order valence-electron chi connectivity index (χ4n) is 2.80. The lowest BCUT2D eigenvalue weighted by molar-refractivity contribution is 0.440. The molecule has 0 spiro atoms. The molecule has 112 valence electrons. The van der Waals surface area contributed by atoms with Crippen LogP contribution in [-0.4, -0.2) is 20.0 Å². The highest BCUT2D eigenvalue weighted by atomic mass is 32.2. The summed E-state index contributed by atoms with van der Waals surface area (Å²) < 4.78 is 29.9. The van der Waals surface area contributed by atoms with E-state index >= 15 is 0 Å². The summed E-state index contributed by atoms with van der Waals surface area (Å²) in [7, 11) is -3.44. The van der Waals surface area contributed by atoms with E-state index in [-0.39, 0.29) is 6.04 Å². The molecular weight excluding hydrogens is 272 g/mol. The van der Waals surface area contributed by atoms with Gasteiger partial charge in [-0.1, -0.05) is 43.2 Å². The van der Waals surface area contributed by atoms with Crippen molar-refractivity contribution in [1.82, 2.24) is 9.44 Å². The Kier molecular flexibility index (Phi) is 4.83. The average Bonchev–Trinajstić information content (AvgIpc) is 2.79. The SMILES string of the molecule is CC(C)(Cc1ccccc1)NS(=O)(=O)NC1CCCC1. The Bertz CT molecular complexity index is 520. The number of benzene rings is 1. The molecular formula is C15H24N2O2S. The molecule has 0 heterocycles. The second-order valence-corrected chi connectivity index (χ2v) is 7.70. The summed E-state index contributed by atoms with van der Waals surface area (Å²) in [4.78, 5) is 0. The second-order valence-electron chi connectivity index (χ2n) is 6.25. The molecule has 0 aromatic heterocycles. The summed E-state index contributed by atoms with van der Waals surface area (Å²) in [5, 5.41) is 0. The van der Waals surface area contributed by atoms with E-state index in [1.165, 1.54) is 0 Å². The molecule has 0 aliphatic heterocycles. The molecule has 1 aliphatic rings. The molecule has 0 saturated heterocycles. The van der Waals surface area contributed by atoms with Gasteiger partial charge in [0.2, 0.25) is 0 Å². The Hall–Kier alpha value is -0.910. The van der Waals surface area contributed by atoms with Gasteiger partial charge in [-0.3, -0.25) is 0 Å². The van der Waals surface area contributed by atoms with Crippen LogP contribution in [0.5, 0.6) is 0 Å². The first-order valence-corrected chi connectivity index (χ1v) is 8.70. The third-order valence-electron chi connectivity index (χ3n) is 3.58. The highest BCUT2D eigenvalue weighted by Gasteiger charge is 2.28. The number of nitrogens with one attached hydrogen (secondary N) is 2. The van der Waals surface area contributed by atoms with Crippen molar-refractivity contribution in [2.24, 2.45) is 0 Å². The molecule has 0 unspecified atom stereocenters. The zero-order valence-corrected chi connectivity index (χ0v) is 13.0. The molecule has 1 saturated carbocycles. The van der Waals surface area contributed by atoms with Gasteiger partial charge in [0.05, 0.1) is 0 Å². The molecule has 5 heteroatoms. The van der Waals surface area contributed by atoms with Gasteiger partial charge in [-0.05, 0) is 38.7 Å². The van der Waals surface area contributed by atoms with E-state index in [4.69, 9.17) is 0 Å². The smallest absolute Gasteiger partial charge is 0.199 e. The van der Waals surface area contributed by atoms with Gasteiger partial charge >= 0.3 is 0 Å². The molecule has 0 amide bonds. The van der Waals surface area contributed by atoms with Crippen molar-refractivity contribution in [2.45, 2.75) is 57.5 Å². The van der Waals surface area contributed by atoms with Crippen molar-refractivity contribution in [3.63, 3.8) is 0 Å². The van der Waals surface area contributed by atoms with E-state index < -0.39 is 15.7 Å². The summed E-state index contributed by atoms with van der Waals surface area (Å²) in [6.07, 6.45) is 4.78. The van der Waals surface area contributed by atoms with Gasteiger partial charge in [0, 0.05) is 11.6 Å². The molecule has 1 aliphatic carbocycles. The third-order valence-corrected chi connectivity index (χ3v) is 5.04. The molecule has 2 rings (SSSR count). The van der Waals surface area contributed by atoms with Crippen molar-refractivity contribution in [2.75, 3.05) is 0 Å². The minimum absolute atomic E-state index is 0.0972. The van der Waals surface area contributed by atoms with Crippen molar-refractivity contribution in [3.05, 3.63) is 35.9 Å². The largest absolute Gasteiger partial charge is 0.277 e. The molecule has 0 atom stereocenters. The van der Waals surface area contributed by atoms with Crippen molar-refractivity contribution < 1.29 is 8.42 Å². The highest BCUT2D eigenvalue weighted by Crippen LogP contribution is 2.19. The summed E-state index contributed by atoms with van der Waals surface area (Å²) in [6.45, 7) is 3.82. The summed E-state index contributed by atoms with van der Waals surface area (Å²) in [5.41, 5.74) is 0.618. The van der Waals surface area contributed by atoms with Crippen LogP contribution in [0.25, 0.3) is 0 Å². The van der Waals surface area contributed by atoms with Gasteiger partial charge in [-0.25, -0.2) is 0 Å². The first-order chi connectivity index (χ1) is 9.36. The average molecular weight is 296 g/mol. The number of hydrogen-bond donors (Lipinski definition) is 2. The molecule has 0 radical (unpaired) electrons. The van der Waals surface area contributed by atoms with Gasteiger partial charge in [-0.2, -0.15) is 17.9 Å². The van der Waals surface area contributed by atoms with E-state index in [0.29, 0.717) is 6.42 Å². The Morgan fingerprint density at radius 1 is 1.15 bits per heavy atom. The molecule has 20 heavy (non-hydrogen) atoms. The molecule has 1 aromatic carbocycles. The van der Waals surface area contributed by atoms with Crippen LogP contribution in [0, 0.1) is 0 Å². The molecule has 0 bridgehead atoms. The van der Waals surface area contributed by atoms with Crippen molar-refractivity contribution in [1.29, 1.82) is 0 Å². The van der Waals surface area contributed by atoms with Crippen LogP contribution < -0.4 is 9.44 Å². The van der Waals surface area contributed by atoms with Gasteiger partial charge < -0.3 is 0 Å². The maximum Gasteiger partial charge on any atom is 0.277 e. The summed E-state index contributed by atoms with van der Waals surface area (Å²) in [5.74, 6) is 0. The van der Waals surface area contributed by atoms with Gasteiger partial charge in [0.25, 0.3) is 10.2 Å². The van der Waals surface area contributed by atoms with Crippen molar-refractivity contribution in [3.8, 4) is 0 Å². The number of hydrogen-bond acceptors (Lipinski definition) is 2. The van der Waals surface area contributed by atoms with Crippen LogP contribution >= 0.6 is 0 Å². The van der Waals surface area contributed by atoms with Gasteiger partial charge in [0.15, 0.2) is 0 Å². The predicted molar refractivity (Wildman–Crippen MR) is 81.7 cm³/mol. The van der Waals surface area contributed by atoms with E-state index in [0.717, 1.165) is 31.2 Å². The lowest BCUT2D eigenvalue weighted by Crippen LogP contribution is -2.51. The topological polar surface area (TPSA) is 58.2 Å². The molecule has 1 aromatic rings.